The highest BCUT2D eigenvalue weighted by Crippen LogP contribution is 2.36. The van der Waals surface area contributed by atoms with Gasteiger partial charge in [0.05, 0.1) is 5.69 Å². The molecule has 0 spiro atoms. The van der Waals surface area contributed by atoms with Gasteiger partial charge in [0.25, 0.3) is 10.0 Å². The highest BCUT2D eigenvalue weighted by molar-refractivity contribution is 9.10. The molecule has 0 aliphatic carbocycles. The number of aryl methyl sites for hydroxylation is 1. The van der Waals surface area contributed by atoms with Gasteiger partial charge in [-0.15, -0.1) is 0 Å². The number of halogens is 1. The van der Waals surface area contributed by atoms with Crippen LogP contribution in [0.2, 0.25) is 0 Å². The maximum Gasteiger partial charge on any atom is 0.265 e. The molecule has 0 amide bonds. The first-order valence-electron chi connectivity index (χ1n) is 6.88. The van der Waals surface area contributed by atoms with E-state index in [0.29, 0.717) is 9.37 Å². The number of anilines is 1. The zero-order chi connectivity index (χ0) is 15.0. The number of hydrogen-bond acceptors (Lipinski definition) is 2. The van der Waals surface area contributed by atoms with E-state index >= 15 is 0 Å². The lowest BCUT2D eigenvalue weighted by atomic mass is 9.99. The van der Waals surface area contributed by atoms with Crippen LogP contribution in [-0.4, -0.2) is 14.5 Å². The lowest BCUT2D eigenvalue weighted by Crippen LogP contribution is -2.42. The van der Waals surface area contributed by atoms with Crippen molar-refractivity contribution in [2.24, 2.45) is 0 Å². The molecule has 110 valence electrons. The summed E-state index contributed by atoms with van der Waals surface area (Å²) in [7, 11) is -3.57. The maximum atomic E-state index is 13.1. The first-order chi connectivity index (χ1) is 10.0. The van der Waals surface area contributed by atoms with E-state index < -0.39 is 10.0 Å². The molecule has 0 saturated carbocycles. The van der Waals surface area contributed by atoms with Crippen molar-refractivity contribution in [2.75, 3.05) is 4.31 Å². The van der Waals surface area contributed by atoms with Crippen LogP contribution in [0.1, 0.15) is 18.9 Å². The van der Waals surface area contributed by atoms with Crippen molar-refractivity contribution in [3.05, 3.63) is 58.6 Å². The van der Waals surface area contributed by atoms with Gasteiger partial charge in [-0.05, 0) is 59.5 Å². The molecule has 3 rings (SSSR count). The fraction of sp³-hybridized carbons (Fsp3) is 0.250. The van der Waals surface area contributed by atoms with E-state index in [1.54, 1.807) is 22.5 Å². The standard InChI is InChI=1S/C16H16BrNO2S/c1-12-10-11-13-6-2-4-8-15(13)18(12)21(19,20)16-9-5-3-7-14(16)17/h2-9,12H,10-11H2,1H3/t12-/m1/s1. The van der Waals surface area contributed by atoms with Gasteiger partial charge in [0.15, 0.2) is 0 Å². The summed E-state index contributed by atoms with van der Waals surface area (Å²) in [6, 6.07) is 14.7. The van der Waals surface area contributed by atoms with Gasteiger partial charge in [0, 0.05) is 10.5 Å². The predicted molar refractivity (Wildman–Crippen MR) is 88.0 cm³/mol. The molecule has 0 bridgehead atoms. The van der Waals surface area contributed by atoms with Crippen LogP contribution in [0.15, 0.2) is 57.9 Å². The Morgan fingerprint density at radius 2 is 1.76 bits per heavy atom. The highest BCUT2D eigenvalue weighted by Gasteiger charge is 2.34. The van der Waals surface area contributed by atoms with Crippen LogP contribution in [-0.2, 0) is 16.4 Å². The van der Waals surface area contributed by atoms with Gasteiger partial charge in [-0.1, -0.05) is 30.3 Å². The summed E-state index contributed by atoms with van der Waals surface area (Å²) in [6.07, 6.45) is 1.75. The lowest BCUT2D eigenvalue weighted by molar-refractivity contribution is 0.563. The molecular weight excluding hydrogens is 350 g/mol. The zero-order valence-electron chi connectivity index (χ0n) is 11.7. The van der Waals surface area contributed by atoms with E-state index in [1.165, 1.54) is 0 Å². The number of nitrogens with zero attached hydrogens (tertiary/aromatic N) is 1. The summed E-state index contributed by atoms with van der Waals surface area (Å²) in [6.45, 7) is 1.96. The second-order valence-electron chi connectivity index (χ2n) is 5.25. The van der Waals surface area contributed by atoms with Crippen molar-refractivity contribution in [3.63, 3.8) is 0 Å². The monoisotopic (exact) mass is 365 g/mol. The first kappa shape index (κ1) is 14.6. The Morgan fingerprint density at radius 3 is 2.52 bits per heavy atom. The van der Waals surface area contributed by atoms with Gasteiger partial charge >= 0.3 is 0 Å². The van der Waals surface area contributed by atoms with Crippen LogP contribution in [0.4, 0.5) is 5.69 Å². The summed E-state index contributed by atoms with van der Waals surface area (Å²) < 4.78 is 28.3. The predicted octanol–water partition coefficient (Wildman–Crippen LogP) is 3.98. The van der Waals surface area contributed by atoms with Crippen molar-refractivity contribution in [2.45, 2.75) is 30.7 Å². The van der Waals surface area contributed by atoms with Crippen LogP contribution in [0, 0.1) is 0 Å². The van der Waals surface area contributed by atoms with E-state index in [0.717, 1.165) is 24.1 Å². The minimum Gasteiger partial charge on any atom is -0.263 e. The van der Waals surface area contributed by atoms with Gasteiger partial charge in [-0.25, -0.2) is 8.42 Å². The number of fused-ring (bicyclic) bond motifs is 1. The van der Waals surface area contributed by atoms with Gasteiger partial charge in [0.2, 0.25) is 0 Å². The van der Waals surface area contributed by atoms with Crippen molar-refractivity contribution in [3.8, 4) is 0 Å². The molecule has 21 heavy (non-hydrogen) atoms. The maximum absolute atomic E-state index is 13.1. The molecule has 1 atom stereocenters. The third kappa shape index (κ3) is 2.49. The Hall–Kier alpha value is -1.33. The van der Waals surface area contributed by atoms with E-state index in [2.05, 4.69) is 15.9 Å². The molecular formula is C16H16BrNO2S. The van der Waals surface area contributed by atoms with E-state index in [4.69, 9.17) is 0 Å². The van der Waals surface area contributed by atoms with Gasteiger partial charge in [-0.3, -0.25) is 4.31 Å². The number of sulfonamides is 1. The second kappa shape index (κ2) is 5.46. The summed E-state index contributed by atoms with van der Waals surface area (Å²) in [5, 5.41) is 0. The number of rotatable bonds is 2. The molecule has 1 aliphatic rings. The summed E-state index contributed by atoms with van der Waals surface area (Å²) in [5.74, 6) is 0. The van der Waals surface area contributed by atoms with Crippen LogP contribution in [0.5, 0.6) is 0 Å². The quantitative estimate of drug-likeness (QED) is 0.806. The molecule has 0 fully saturated rings. The van der Waals surface area contributed by atoms with Crippen LogP contribution in [0.25, 0.3) is 0 Å². The van der Waals surface area contributed by atoms with E-state index in [1.807, 2.05) is 37.3 Å². The summed E-state index contributed by atoms with van der Waals surface area (Å²) in [4.78, 5) is 0.313. The third-order valence-corrected chi connectivity index (χ3v) is 6.77. The molecule has 2 aromatic rings. The van der Waals surface area contributed by atoms with Gasteiger partial charge in [0.1, 0.15) is 4.90 Å². The number of para-hydroxylation sites is 1. The first-order valence-corrected chi connectivity index (χ1v) is 9.12. The van der Waals surface area contributed by atoms with Crippen LogP contribution >= 0.6 is 15.9 Å². The van der Waals surface area contributed by atoms with Crippen LogP contribution in [0.3, 0.4) is 0 Å². The number of hydrogen-bond donors (Lipinski definition) is 0. The molecule has 0 aromatic heterocycles. The highest BCUT2D eigenvalue weighted by atomic mass is 79.9. The minimum atomic E-state index is -3.57. The molecule has 1 heterocycles. The molecule has 3 nitrogen and oxygen atoms in total. The SMILES string of the molecule is C[C@@H]1CCc2ccccc2N1S(=O)(=O)c1ccccc1Br. The smallest absolute Gasteiger partial charge is 0.263 e. The van der Waals surface area contributed by atoms with E-state index in [-0.39, 0.29) is 6.04 Å². The molecule has 0 saturated heterocycles. The molecule has 2 aromatic carbocycles. The van der Waals surface area contributed by atoms with Crippen molar-refractivity contribution >= 4 is 31.6 Å². The Balaban J connectivity index is 2.17. The average molecular weight is 366 g/mol. The Morgan fingerprint density at radius 1 is 1.10 bits per heavy atom. The third-order valence-electron chi connectivity index (χ3n) is 3.83. The Kier molecular flexibility index (Phi) is 3.80. The van der Waals surface area contributed by atoms with Crippen molar-refractivity contribution in [1.29, 1.82) is 0 Å². The summed E-state index contributed by atoms with van der Waals surface area (Å²) in [5.41, 5.74) is 1.89. The zero-order valence-corrected chi connectivity index (χ0v) is 14.1. The average Bonchev–Trinajstić information content (AvgIpc) is 2.47. The largest absolute Gasteiger partial charge is 0.265 e. The fourth-order valence-corrected chi connectivity index (χ4v) is 5.47. The molecule has 0 N–H and O–H groups in total. The Labute approximate surface area is 133 Å². The van der Waals surface area contributed by atoms with Crippen molar-refractivity contribution in [1.82, 2.24) is 0 Å². The van der Waals surface area contributed by atoms with Crippen molar-refractivity contribution < 1.29 is 8.42 Å². The molecule has 0 radical (unpaired) electrons. The van der Waals surface area contributed by atoms with Crippen LogP contribution < -0.4 is 4.31 Å². The number of benzene rings is 2. The molecule has 5 heteroatoms. The normalized spacial score (nSPS) is 18.4. The lowest BCUT2D eigenvalue weighted by Gasteiger charge is -2.36. The Bertz CT molecular complexity index is 773. The van der Waals surface area contributed by atoms with Gasteiger partial charge in [-0.2, -0.15) is 0 Å². The van der Waals surface area contributed by atoms with E-state index in [9.17, 15) is 8.42 Å². The fourth-order valence-electron chi connectivity index (χ4n) is 2.78. The molecule has 0 unspecified atom stereocenters. The topological polar surface area (TPSA) is 37.4 Å². The summed E-state index contributed by atoms with van der Waals surface area (Å²) >= 11 is 3.35. The molecule has 1 aliphatic heterocycles. The van der Waals surface area contributed by atoms with Gasteiger partial charge < -0.3 is 0 Å². The minimum absolute atomic E-state index is 0.0444. The second-order valence-corrected chi connectivity index (χ2v) is 7.89.